The molecule has 2 N–H and O–H groups in total. The molecule has 2 rings (SSSR count). The third-order valence-electron chi connectivity index (χ3n) is 2.69. The van der Waals surface area contributed by atoms with E-state index in [-0.39, 0.29) is 11.8 Å². The van der Waals surface area contributed by atoms with Crippen LogP contribution in [0.1, 0.15) is 16.7 Å². The third-order valence-corrected chi connectivity index (χ3v) is 4.02. The molecule has 2 amide bonds. The van der Waals surface area contributed by atoms with Crippen LogP contribution in [0.25, 0.3) is 0 Å². The van der Waals surface area contributed by atoms with Gasteiger partial charge in [-0.2, -0.15) is 0 Å². The Morgan fingerprint density at radius 2 is 1.95 bits per heavy atom. The molecule has 0 bridgehead atoms. The highest BCUT2D eigenvalue weighted by atomic mass is 35.5. The molecule has 4 nitrogen and oxygen atoms in total. The first-order valence-electron chi connectivity index (χ1n) is 6.36. The van der Waals surface area contributed by atoms with Crippen LogP contribution in [-0.2, 0) is 16.0 Å². The molecule has 110 valence electrons. The summed E-state index contributed by atoms with van der Waals surface area (Å²) in [5, 5.41) is 5.85. The van der Waals surface area contributed by atoms with Crippen LogP contribution < -0.4 is 10.6 Å². The lowest BCUT2D eigenvalue weighted by molar-refractivity contribution is -0.115. The molecule has 0 aliphatic carbocycles. The number of halogens is 1. The van der Waals surface area contributed by atoms with Gasteiger partial charge < -0.3 is 10.6 Å². The lowest BCUT2D eigenvalue weighted by Gasteiger charge is -2.09. The van der Waals surface area contributed by atoms with E-state index in [0.29, 0.717) is 22.8 Å². The fraction of sp³-hybridized carbons (Fsp3) is 0.200. The van der Waals surface area contributed by atoms with Crippen molar-refractivity contribution in [3.05, 3.63) is 45.1 Å². The van der Waals surface area contributed by atoms with Crippen LogP contribution in [0.5, 0.6) is 0 Å². The molecular weight excluding hydrogens is 308 g/mol. The van der Waals surface area contributed by atoms with Crippen LogP contribution in [-0.4, -0.2) is 11.8 Å². The maximum Gasteiger partial charge on any atom is 0.229 e. The van der Waals surface area contributed by atoms with Crippen molar-refractivity contribution in [1.82, 2.24) is 0 Å². The molecule has 21 heavy (non-hydrogen) atoms. The van der Waals surface area contributed by atoms with E-state index in [2.05, 4.69) is 10.6 Å². The Bertz CT molecular complexity index is 682. The Hall–Kier alpha value is -1.85. The number of hydrogen-bond donors (Lipinski definition) is 2. The van der Waals surface area contributed by atoms with E-state index in [1.807, 2.05) is 19.1 Å². The topological polar surface area (TPSA) is 58.2 Å². The number of thiophene rings is 1. The van der Waals surface area contributed by atoms with Gasteiger partial charge in [-0.05, 0) is 37.3 Å². The second-order valence-electron chi connectivity index (χ2n) is 4.61. The van der Waals surface area contributed by atoms with Gasteiger partial charge in [-0.25, -0.2) is 0 Å². The van der Waals surface area contributed by atoms with E-state index in [0.717, 1.165) is 4.88 Å². The monoisotopic (exact) mass is 322 g/mol. The second-order valence-corrected chi connectivity index (χ2v) is 6.39. The van der Waals surface area contributed by atoms with Crippen molar-refractivity contribution < 1.29 is 9.59 Å². The number of anilines is 2. The molecular formula is C15H15ClN2O2S. The normalized spacial score (nSPS) is 10.2. The van der Waals surface area contributed by atoms with Crippen molar-refractivity contribution in [3.8, 4) is 0 Å². The summed E-state index contributed by atoms with van der Waals surface area (Å²) in [7, 11) is 0. The van der Waals surface area contributed by atoms with Gasteiger partial charge in [0.15, 0.2) is 0 Å². The summed E-state index contributed by atoms with van der Waals surface area (Å²) in [6, 6.07) is 8.92. The molecule has 0 fully saturated rings. The standard InChI is InChI=1S/C15H15ClN2O2S/c1-9-3-5-12(21-9)8-15(20)18-11-4-6-13(16)14(7-11)17-10(2)19/h3-7H,8H2,1-2H3,(H,17,19)(H,18,20). The Labute approximate surface area is 132 Å². The van der Waals surface area contributed by atoms with E-state index in [1.165, 1.54) is 11.8 Å². The summed E-state index contributed by atoms with van der Waals surface area (Å²) in [6.07, 6.45) is 0.330. The predicted molar refractivity (Wildman–Crippen MR) is 87.1 cm³/mol. The number of hydrogen-bond acceptors (Lipinski definition) is 3. The summed E-state index contributed by atoms with van der Waals surface area (Å²) in [5.41, 5.74) is 1.08. The Balaban J connectivity index is 2.05. The average Bonchev–Trinajstić information content (AvgIpc) is 2.78. The van der Waals surface area contributed by atoms with Crippen molar-refractivity contribution in [3.63, 3.8) is 0 Å². The van der Waals surface area contributed by atoms with Crippen LogP contribution in [0.15, 0.2) is 30.3 Å². The maximum atomic E-state index is 12.0. The highest BCUT2D eigenvalue weighted by Crippen LogP contribution is 2.25. The zero-order chi connectivity index (χ0) is 15.4. The zero-order valence-corrected chi connectivity index (χ0v) is 13.3. The molecule has 0 saturated heterocycles. The number of amides is 2. The average molecular weight is 323 g/mol. The predicted octanol–water partition coefficient (Wildman–Crippen LogP) is 3.85. The Morgan fingerprint density at radius 1 is 1.19 bits per heavy atom. The van der Waals surface area contributed by atoms with Crippen molar-refractivity contribution in [2.24, 2.45) is 0 Å². The van der Waals surface area contributed by atoms with E-state index in [4.69, 9.17) is 11.6 Å². The number of rotatable bonds is 4. The lowest BCUT2D eigenvalue weighted by atomic mass is 10.2. The van der Waals surface area contributed by atoms with Gasteiger partial charge in [0, 0.05) is 22.4 Å². The van der Waals surface area contributed by atoms with Gasteiger partial charge in [-0.1, -0.05) is 11.6 Å². The van der Waals surface area contributed by atoms with Crippen molar-refractivity contribution in [1.29, 1.82) is 0 Å². The summed E-state index contributed by atoms with van der Waals surface area (Å²) in [4.78, 5) is 25.3. The fourth-order valence-electron chi connectivity index (χ4n) is 1.83. The fourth-order valence-corrected chi connectivity index (χ4v) is 2.89. The first kappa shape index (κ1) is 15.5. The molecule has 0 atom stereocenters. The first-order valence-corrected chi connectivity index (χ1v) is 7.56. The van der Waals surface area contributed by atoms with Gasteiger partial charge in [0.2, 0.25) is 11.8 Å². The van der Waals surface area contributed by atoms with Crippen molar-refractivity contribution in [2.45, 2.75) is 20.3 Å². The molecule has 0 spiro atoms. The third kappa shape index (κ3) is 4.58. The van der Waals surface area contributed by atoms with Gasteiger partial charge in [-0.3, -0.25) is 9.59 Å². The van der Waals surface area contributed by atoms with Crippen LogP contribution in [0.4, 0.5) is 11.4 Å². The van der Waals surface area contributed by atoms with Crippen LogP contribution >= 0.6 is 22.9 Å². The Kier molecular flexibility index (Phi) is 4.98. The number of carbonyl (C=O) groups is 2. The van der Waals surface area contributed by atoms with Gasteiger partial charge >= 0.3 is 0 Å². The molecule has 6 heteroatoms. The Morgan fingerprint density at radius 3 is 2.57 bits per heavy atom. The summed E-state index contributed by atoms with van der Waals surface area (Å²) in [6.45, 7) is 3.41. The molecule has 0 unspecified atom stereocenters. The first-order chi connectivity index (χ1) is 9.94. The molecule has 0 saturated carbocycles. The van der Waals surface area contributed by atoms with Crippen molar-refractivity contribution >= 4 is 46.1 Å². The van der Waals surface area contributed by atoms with Crippen molar-refractivity contribution in [2.75, 3.05) is 10.6 Å². The minimum atomic E-state index is -0.213. The minimum absolute atomic E-state index is 0.104. The van der Waals surface area contributed by atoms with Gasteiger partial charge in [0.05, 0.1) is 17.1 Å². The van der Waals surface area contributed by atoms with Gasteiger partial charge in [0.25, 0.3) is 0 Å². The number of aryl methyl sites for hydroxylation is 1. The quantitative estimate of drug-likeness (QED) is 0.898. The van der Waals surface area contributed by atoms with E-state index in [1.54, 1.807) is 29.5 Å². The molecule has 0 radical (unpaired) electrons. The maximum absolute atomic E-state index is 12.0. The summed E-state index contributed by atoms with van der Waals surface area (Å²) in [5.74, 6) is -0.317. The largest absolute Gasteiger partial charge is 0.326 e. The highest BCUT2D eigenvalue weighted by Gasteiger charge is 2.08. The smallest absolute Gasteiger partial charge is 0.229 e. The van der Waals surface area contributed by atoms with Crippen LogP contribution in [0.2, 0.25) is 5.02 Å². The second kappa shape index (κ2) is 6.74. The number of nitrogens with one attached hydrogen (secondary N) is 2. The molecule has 2 aromatic rings. The zero-order valence-electron chi connectivity index (χ0n) is 11.7. The molecule has 0 aliphatic heterocycles. The van der Waals surface area contributed by atoms with E-state index >= 15 is 0 Å². The van der Waals surface area contributed by atoms with Gasteiger partial charge in [-0.15, -0.1) is 11.3 Å². The van der Waals surface area contributed by atoms with Crippen LogP contribution in [0, 0.1) is 6.92 Å². The van der Waals surface area contributed by atoms with E-state index in [9.17, 15) is 9.59 Å². The SMILES string of the molecule is CC(=O)Nc1cc(NC(=O)Cc2ccc(C)s2)ccc1Cl. The summed E-state index contributed by atoms with van der Waals surface area (Å²) < 4.78 is 0. The van der Waals surface area contributed by atoms with Crippen LogP contribution in [0.3, 0.4) is 0 Å². The molecule has 1 aromatic carbocycles. The molecule has 1 aromatic heterocycles. The number of carbonyl (C=O) groups excluding carboxylic acids is 2. The lowest BCUT2D eigenvalue weighted by Crippen LogP contribution is -2.14. The number of benzene rings is 1. The van der Waals surface area contributed by atoms with E-state index < -0.39 is 0 Å². The van der Waals surface area contributed by atoms with Gasteiger partial charge in [0.1, 0.15) is 0 Å². The molecule has 0 aliphatic rings. The molecule has 1 heterocycles. The highest BCUT2D eigenvalue weighted by molar-refractivity contribution is 7.12. The minimum Gasteiger partial charge on any atom is -0.326 e. The summed E-state index contributed by atoms with van der Waals surface area (Å²) >= 11 is 7.59.